The summed E-state index contributed by atoms with van der Waals surface area (Å²) in [5.74, 6) is -0.392. The minimum Gasteiger partial charge on any atom is -0.242 e. The van der Waals surface area contributed by atoms with Crippen LogP contribution in [0.15, 0.2) is 30.6 Å². The van der Waals surface area contributed by atoms with E-state index in [4.69, 9.17) is 4.84 Å². The highest BCUT2D eigenvalue weighted by Crippen LogP contribution is 2.43. The van der Waals surface area contributed by atoms with Crippen molar-refractivity contribution in [2.45, 2.75) is 24.0 Å². The molecule has 1 heterocycles. The van der Waals surface area contributed by atoms with Gasteiger partial charge in [-0.25, -0.2) is 4.79 Å². The summed E-state index contributed by atoms with van der Waals surface area (Å²) in [4.78, 5) is 17.1. The first-order valence-corrected chi connectivity index (χ1v) is 6.40. The molecular formula is C11H14Br2NO2+. The summed E-state index contributed by atoms with van der Waals surface area (Å²) in [6.07, 6.45) is 3.33. The molecule has 0 fully saturated rings. The molecule has 0 spiro atoms. The van der Waals surface area contributed by atoms with Crippen molar-refractivity contribution in [2.75, 3.05) is 0 Å². The molecule has 5 heteroatoms. The van der Waals surface area contributed by atoms with Gasteiger partial charge in [0.1, 0.15) is 0 Å². The van der Waals surface area contributed by atoms with E-state index in [1.54, 1.807) is 24.5 Å². The molecule has 88 valence electrons. The van der Waals surface area contributed by atoms with Crippen LogP contribution in [-0.2, 0) is 4.79 Å². The van der Waals surface area contributed by atoms with Crippen molar-refractivity contribution in [1.82, 2.24) is 0 Å². The second kappa shape index (κ2) is 4.84. The molecule has 1 aromatic rings. The lowest BCUT2D eigenvalue weighted by Gasteiger charge is -2.30. The molecule has 0 aromatic carbocycles. The minimum absolute atomic E-state index is 0.306. The number of carbonyl (C=O) groups excluding carboxylic acids is 1. The van der Waals surface area contributed by atoms with Gasteiger partial charge in [0.05, 0.1) is 0 Å². The molecule has 1 rings (SSSR count). The molecule has 3 nitrogen and oxygen atoms in total. The van der Waals surface area contributed by atoms with Crippen LogP contribution in [0.2, 0.25) is 0 Å². The smallest absolute Gasteiger partial charge is 0.242 e. The highest BCUT2D eigenvalue weighted by atomic mass is 79.9. The zero-order valence-electron chi connectivity index (χ0n) is 9.41. The lowest BCUT2D eigenvalue weighted by molar-refractivity contribution is -0.869. The van der Waals surface area contributed by atoms with Crippen LogP contribution in [0.3, 0.4) is 0 Å². The lowest BCUT2D eigenvalue weighted by Crippen LogP contribution is -2.53. The Kier molecular flexibility index (Phi) is 4.12. The Morgan fingerprint density at radius 3 is 2.06 bits per heavy atom. The third-order valence-electron chi connectivity index (χ3n) is 2.07. The topological polar surface area (TPSA) is 30.2 Å². The molecule has 16 heavy (non-hydrogen) atoms. The number of nitrogens with zero attached hydrogens (tertiary/aromatic N) is 1. The Balaban J connectivity index is 2.81. The van der Waals surface area contributed by atoms with Gasteiger partial charge in [-0.2, -0.15) is 4.84 Å². The summed E-state index contributed by atoms with van der Waals surface area (Å²) >= 11 is 6.71. The monoisotopic (exact) mass is 350 g/mol. The van der Waals surface area contributed by atoms with Crippen molar-refractivity contribution in [3.63, 3.8) is 0 Å². The van der Waals surface area contributed by atoms with E-state index in [1.165, 1.54) is 4.73 Å². The van der Waals surface area contributed by atoms with Crippen molar-refractivity contribution in [3.8, 4) is 0 Å². The standard InChI is InChI=1S/C11H14Br2NO2/c1-10(2,3)11(12,13)9(15)16-14-7-5-4-6-8-14/h4-8H,1-3H3/q+1. The van der Waals surface area contributed by atoms with Gasteiger partial charge in [0.2, 0.25) is 12.4 Å². The summed E-state index contributed by atoms with van der Waals surface area (Å²) < 4.78 is 0.460. The van der Waals surface area contributed by atoms with Crippen molar-refractivity contribution < 1.29 is 14.4 Å². The summed E-state index contributed by atoms with van der Waals surface area (Å²) in [7, 11) is 0. The molecule has 0 aliphatic heterocycles. The van der Waals surface area contributed by atoms with Crippen LogP contribution in [0.1, 0.15) is 20.8 Å². The number of carbonyl (C=O) groups is 1. The first-order chi connectivity index (χ1) is 7.25. The van der Waals surface area contributed by atoms with Gasteiger partial charge in [0, 0.05) is 16.9 Å². The molecule has 0 aliphatic rings. The third-order valence-corrected chi connectivity index (χ3v) is 5.10. The van der Waals surface area contributed by atoms with Crippen molar-refractivity contribution in [1.29, 1.82) is 0 Å². The maximum Gasteiger partial charge on any atom is 0.408 e. The number of aromatic nitrogens is 1. The molecule has 1 aromatic heterocycles. The number of hydrogen-bond donors (Lipinski definition) is 0. The van der Waals surface area contributed by atoms with E-state index < -0.39 is 9.20 Å². The van der Waals surface area contributed by atoms with Crippen LogP contribution >= 0.6 is 31.9 Å². The van der Waals surface area contributed by atoms with E-state index >= 15 is 0 Å². The average Bonchev–Trinajstić information content (AvgIpc) is 2.17. The average molecular weight is 352 g/mol. The predicted octanol–water partition coefficient (Wildman–Crippen LogP) is 2.46. The Morgan fingerprint density at radius 1 is 1.12 bits per heavy atom. The van der Waals surface area contributed by atoms with Gasteiger partial charge >= 0.3 is 5.97 Å². The van der Waals surface area contributed by atoms with Crippen LogP contribution in [0.4, 0.5) is 0 Å². The number of pyridine rings is 1. The fourth-order valence-corrected chi connectivity index (χ4v) is 1.05. The van der Waals surface area contributed by atoms with Crippen LogP contribution in [-0.4, -0.2) is 9.20 Å². The van der Waals surface area contributed by atoms with E-state index in [1.807, 2.05) is 26.8 Å². The molecule has 0 aliphatic carbocycles. The Morgan fingerprint density at radius 2 is 1.62 bits per heavy atom. The summed E-state index contributed by atoms with van der Waals surface area (Å²) in [5, 5.41) is 0. The summed E-state index contributed by atoms with van der Waals surface area (Å²) in [6, 6.07) is 5.42. The molecule has 0 saturated carbocycles. The SMILES string of the molecule is CC(C)(C)C(Br)(Br)C(=O)O[n+]1ccccc1. The highest BCUT2D eigenvalue weighted by molar-refractivity contribution is 9.26. The first-order valence-electron chi connectivity index (χ1n) is 4.82. The van der Waals surface area contributed by atoms with Crippen molar-refractivity contribution in [3.05, 3.63) is 30.6 Å². The number of hydrogen-bond acceptors (Lipinski definition) is 2. The Hall–Kier alpha value is -0.420. The van der Waals surface area contributed by atoms with Gasteiger partial charge < -0.3 is 0 Å². The number of rotatable bonds is 2. The fourth-order valence-electron chi connectivity index (χ4n) is 0.903. The fraction of sp³-hybridized carbons (Fsp3) is 0.455. The second-order valence-corrected chi connectivity index (χ2v) is 7.88. The van der Waals surface area contributed by atoms with E-state index in [0.717, 1.165) is 0 Å². The minimum atomic E-state index is -0.907. The molecule has 0 radical (unpaired) electrons. The van der Waals surface area contributed by atoms with Gasteiger partial charge in [-0.05, 0) is 5.41 Å². The third kappa shape index (κ3) is 3.04. The van der Waals surface area contributed by atoms with E-state index in [2.05, 4.69) is 31.9 Å². The molecule has 0 atom stereocenters. The van der Waals surface area contributed by atoms with Crippen molar-refractivity contribution in [2.24, 2.45) is 5.41 Å². The lowest BCUT2D eigenvalue weighted by atomic mass is 9.92. The molecule has 0 amide bonds. The maximum absolute atomic E-state index is 11.9. The second-order valence-electron chi connectivity index (χ2n) is 4.44. The van der Waals surface area contributed by atoms with Crippen molar-refractivity contribution >= 4 is 37.8 Å². The highest BCUT2D eigenvalue weighted by Gasteiger charge is 2.48. The summed E-state index contributed by atoms with van der Waals surface area (Å²) in [5.41, 5.74) is -0.306. The van der Waals surface area contributed by atoms with Crippen LogP contribution in [0.25, 0.3) is 0 Å². The number of halogens is 2. The van der Waals surface area contributed by atoms with Crippen LogP contribution < -0.4 is 9.57 Å². The van der Waals surface area contributed by atoms with E-state index in [0.29, 0.717) is 0 Å². The zero-order chi connectivity index (χ0) is 12.4. The zero-order valence-corrected chi connectivity index (χ0v) is 12.6. The molecule has 0 bridgehead atoms. The Bertz CT molecular complexity index is 371. The largest absolute Gasteiger partial charge is 0.408 e. The van der Waals surface area contributed by atoms with Gasteiger partial charge in [0.25, 0.3) is 0 Å². The van der Waals surface area contributed by atoms with Gasteiger partial charge in [-0.1, -0.05) is 58.7 Å². The van der Waals surface area contributed by atoms with Crippen LogP contribution in [0, 0.1) is 5.41 Å². The van der Waals surface area contributed by atoms with Gasteiger partial charge in [0.15, 0.2) is 3.23 Å². The number of alkyl halides is 2. The molecule has 0 saturated heterocycles. The Labute approximate surface area is 112 Å². The molecule has 0 unspecified atom stereocenters. The van der Waals surface area contributed by atoms with E-state index in [9.17, 15) is 4.79 Å². The molecule has 0 N–H and O–H groups in total. The summed E-state index contributed by atoms with van der Waals surface area (Å²) in [6.45, 7) is 5.81. The predicted molar refractivity (Wildman–Crippen MR) is 68.3 cm³/mol. The normalized spacial score (nSPS) is 12.3. The quantitative estimate of drug-likeness (QED) is 0.605. The van der Waals surface area contributed by atoms with Crippen LogP contribution in [0.5, 0.6) is 0 Å². The van der Waals surface area contributed by atoms with E-state index in [-0.39, 0.29) is 5.41 Å². The van der Waals surface area contributed by atoms with Gasteiger partial charge in [-0.3, -0.25) is 0 Å². The first kappa shape index (κ1) is 13.6. The molecular weight excluding hydrogens is 338 g/mol. The van der Waals surface area contributed by atoms with Gasteiger partial charge in [-0.15, -0.1) is 0 Å². The maximum atomic E-state index is 11.9.